The number of hydrazone groups is 1. The van der Waals surface area contributed by atoms with Crippen LogP contribution in [0, 0.1) is 0 Å². The number of hydrogen-bond acceptors (Lipinski definition) is 3. The van der Waals surface area contributed by atoms with Gasteiger partial charge in [0.2, 0.25) is 0 Å². The summed E-state index contributed by atoms with van der Waals surface area (Å²) >= 11 is 3.43. The second-order valence-corrected chi connectivity index (χ2v) is 7.41. The van der Waals surface area contributed by atoms with Crippen LogP contribution in [0.5, 0.6) is 5.75 Å². The van der Waals surface area contributed by atoms with Gasteiger partial charge in [-0.25, -0.2) is 5.43 Å². The molecule has 0 saturated carbocycles. The average molecular weight is 445 g/mol. The molecule has 4 aromatic rings. The molecule has 0 atom stereocenters. The second kappa shape index (κ2) is 8.29. The SMILES string of the molecule is O=C(NN=C(c1ccccc1)c1ccc(Br)cc1)c1cc2ccccc2cc1O. The topological polar surface area (TPSA) is 61.7 Å². The molecule has 0 saturated heterocycles. The maximum atomic E-state index is 12.7. The molecular formula is C24H17BrN2O2. The standard InChI is InChI=1S/C24H17BrN2O2/c25-20-12-10-17(11-13-20)23(16-6-2-1-3-7-16)26-27-24(29)21-14-18-8-4-5-9-19(18)15-22(21)28/h1-15,28H,(H,27,29). The van der Waals surface area contributed by atoms with Crippen LogP contribution in [0.3, 0.4) is 0 Å². The molecule has 2 N–H and O–H groups in total. The van der Waals surface area contributed by atoms with Crippen LogP contribution in [0.2, 0.25) is 0 Å². The van der Waals surface area contributed by atoms with Gasteiger partial charge in [-0.15, -0.1) is 0 Å². The first-order chi connectivity index (χ1) is 14.1. The molecule has 4 aromatic carbocycles. The Kier molecular flexibility index (Phi) is 5.40. The monoisotopic (exact) mass is 444 g/mol. The van der Waals surface area contributed by atoms with Crippen molar-refractivity contribution in [1.29, 1.82) is 0 Å². The second-order valence-electron chi connectivity index (χ2n) is 6.49. The fraction of sp³-hybridized carbons (Fsp3) is 0. The van der Waals surface area contributed by atoms with E-state index in [2.05, 4.69) is 26.5 Å². The van der Waals surface area contributed by atoms with Crippen molar-refractivity contribution in [2.45, 2.75) is 0 Å². The lowest BCUT2D eigenvalue weighted by molar-refractivity contribution is 0.0952. The van der Waals surface area contributed by atoms with Gasteiger partial charge in [0.25, 0.3) is 5.91 Å². The van der Waals surface area contributed by atoms with Crippen molar-refractivity contribution in [3.63, 3.8) is 0 Å². The molecule has 0 aliphatic heterocycles. The van der Waals surface area contributed by atoms with Gasteiger partial charge in [-0.05, 0) is 35.0 Å². The number of phenolic OH excluding ortho intramolecular Hbond substituents is 1. The molecule has 4 nitrogen and oxygen atoms in total. The van der Waals surface area contributed by atoms with E-state index in [9.17, 15) is 9.90 Å². The lowest BCUT2D eigenvalue weighted by atomic mass is 10.0. The highest BCUT2D eigenvalue weighted by atomic mass is 79.9. The molecule has 0 aromatic heterocycles. The number of hydrogen-bond donors (Lipinski definition) is 2. The normalized spacial score (nSPS) is 11.4. The number of halogens is 1. The Labute approximate surface area is 176 Å². The zero-order chi connectivity index (χ0) is 20.2. The molecule has 0 unspecified atom stereocenters. The Bertz CT molecular complexity index is 1200. The molecule has 0 bridgehead atoms. The molecule has 4 rings (SSSR count). The van der Waals surface area contributed by atoms with Crippen LogP contribution in [0.4, 0.5) is 0 Å². The minimum absolute atomic E-state index is 0.0821. The van der Waals surface area contributed by atoms with Crippen molar-refractivity contribution in [1.82, 2.24) is 5.43 Å². The predicted octanol–water partition coefficient (Wildman–Crippen LogP) is 5.49. The molecule has 29 heavy (non-hydrogen) atoms. The lowest BCUT2D eigenvalue weighted by Crippen LogP contribution is -2.20. The van der Waals surface area contributed by atoms with Crippen LogP contribution in [-0.4, -0.2) is 16.7 Å². The van der Waals surface area contributed by atoms with Gasteiger partial charge < -0.3 is 5.11 Å². The first-order valence-corrected chi connectivity index (χ1v) is 9.82. The summed E-state index contributed by atoms with van der Waals surface area (Å²) in [5.41, 5.74) is 5.14. The van der Waals surface area contributed by atoms with Crippen molar-refractivity contribution in [3.8, 4) is 5.75 Å². The van der Waals surface area contributed by atoms with E-state index in [1.165, 1.54) is 0 Å². The van der Waals surface area contributed by atoms with Crippen LogP contribution < -0.4 is 5.43 Å². The molecule has 142 valence electrons. The number of nitrogens with zero attached hydrogens (tertiary/aromatic N) is 1. The van der Waals surface area contributed by atoms with E-state index in [0.717, 1.165) is 26.4 Å². The first kappa shape index (κ1) is 18.9. The Balaban J connectivity index is 1.69. The highest BCUT2D eigenvalue weighted by Gasteiger charge is 2.13. The Morgan fingerprint density at radius 2 is 1.38 bits per heavy atom. The van der Waals surface area contributed by atoms with Crippen molar-refractivity contribution in [2.24, 2.45) is 5.10 Å². The number of benzene rings is 4. The summed E-state index contributed by atoms with van der Waals surface area (Å²) in [5.74, 6) is -0.555. The van der Waals surface area contributed by atoms with E-state index in [1.54, 1.807) is 12.1 Å². The molecule has 1 amide bonds. The van der Waals surface area contributed by atoms with E-state index >= 15 is 0 Å². The smallest absolute Gasteiger partial charge is 0.275 e. The van der Waals surface area contributed by atoms with Crippen LogP contribution in [-0.2, 0) is 0 Å². The molecule has 5 heteroatoms. The largest absolute Gasteiger partial charge is 0.507 e. The predicted molar refractivity (Wildman–Crippen MR) is 119 cm³/mol. The number of phenols is 1. The first-order valence-electron chi connectivity index (χ1n) is 9.03. The third kappa shape index (κ3) is 4.20. The third-order valence-corrected chi connectivity index (χ3v) is 5.07. The minimum Gasteiger partial charge on any atom is -0.507 e. The van der Waals surface area contributed by atoms with Crippen LogP contribution in [0.1, 0.15) is 21.5 Å². The van der Waals surface area contributed by atoms with Crippen LogP contribution >= 0.6 is 15.9 Å². The highest BCUT2D eigenvalue weighted by molar-refractivity contribution is 9.10. The Morgan fingerprint density at radius 3 is 2.07 bits per heavy atom. The zero-order valence-corrected chi connectivity index (χ0v) is 16.9. The van der Waals surface area contributed by atoms with Gasteiger partial charge in [-0.1, -0.05) is 82.7 Å². The van der Waals surface area contributed by atoms with Gasteiger partial charge in [-0.3, -0.25) is 4.79 Å². The highest BCUT2D eigenvalue weighted by Crippen LogP contribution is 2.25. The molecule has 0 radical (unpaired) electrons. The molecule has 0 aliphatic carbocycles. The van der Waals surface area contributed by atoms with Crippen molar-refractivity contribution < 1.29 is 9.90 Å². The van der Waals surface area contributed by atoms with Crippen molar-refractivity contribution in [2.75, 3.05) is 0 Å². The summed E-state index contributed by atoms with van der Waals surface area (Å²) in [6, 6.07) is 28.1. The van der Waals surface area contributed by atoms with Crippen molar-refractivity contribution >= 4 is 38.3 Å². The fourth-order valence-electron chi connectivity index (χ4n) is 3.08. The Morgan fingerprint density at radius 1 is 0.793 bits per heavy atom. The summed E-state index contributed by atoms with van der Waals surface area (Å²) in [5, 5.41) is 16.4. The van der Waals surface area contributed by atoms with E-state index < -0.39 is 5.91 Å². The summed E-state index contributed by atoms with van der Waals surface area (Å²) in [7, 11) is 0. The van der Waals surface area contributed by atoms with Crippen molar-refractivity contribution in [3.05, 3.63) is 112 Å². The van der Waals surface area contributed by atoms with Crippen LogP contribution in [0.15, 0.2) is 101 Å². The average Bonchev–Trinajstić information content (AvgIpc) is 2.75. The zero-order valence-electron chi connectivity index (χ0n) is 15.3. The maximum absolute atomic E-state index is 12.7. The number of carbonyl (C=O) groups excluding carboxylic acids is 1. The number of nitrogens with one attached hydrogen (secondary N) is 1. The number of fused-ring (bicyclic) bond motifs is 1. The van der Waals surface area contributed by atoms with Gasteiger partial charge >= 0.3 is 0 Å². The van der Waals surface area contributed by atoms with E-state index in [4.69, 9.17) is 0 Å². The molecular weight excluding hydrogens is 428 g/mol. The summed E-state index contributed by atoms with van der Waals surface area (Å²) in [6.45, 7) is 0. The summed E-state index contributed by atoms with van der Waals surface area (Å²) in [4.78, 5) is 12.7. The lowest BCUT2D eigenvalue weighted by Gasteiger charge is -2.09. The van der Waals surface area contributed by atoms with E-state index in [-0.39, 0.29) is 11.3 Å². The maximum Gasteiger partial charge on any atom is 0.275 e. The van der Waals surface area contributed by atoms with Crippen LogP contribution in [0.25, 0.3) is 10.8 Å². The number of carbonyl (C=O) groups is 1. The molecule has 0 aliphatic rings. The van der Waals surface area contributed by atoms with E-state index in [0.29, 0.717) is 5.71 Å². The van der Waals surface area contributed by atoms with Gasteiger partial charge in [0.1, 0.15) is 5.75 Å². The Hall–Kier alpha value is -3.44. The third-order valence-electron chi connectivity index (χ3n) is 4.54. The molecule has 0 fully saturated rings. The van der Waals surface area contributed by atoms with E-state index in [1.807, 2.05) is 78.9 Å². The molecule has 0 heterocycles. The summed E-state index contributed by atoms with van der Waals surface area (Å²) < 4.78 is 0.957. The molecule has 0 spiro atoms. The summed E-state index contributed by atoms with van der Waals surface area (Å²) in [6.07, 6.45) is 0. The minimum atomic E-state index is -0.473. The van der Waals surface area contributed by atoms with Gasteiger partial charge in [0, 0.05) is 15.6 Å². The fourth-order valence-corrected chi connectivity index (χ4v) is 3.34. The number of amides is 1. The number of rotatable bonds is 4. The number of aromatic hydroxyl groups is 1. The van der Waals surface area contributed by atoms with Gasteiger partial charge in [0.15, 0.2) is 0 Å². The van der Waals surface area contributed by atoms with Gasteiger partial charge in [0.05, 0.1) is 11.3 Å². The van der Waals surface area contributed by atoms with Gasteiger partial charge in [-0.2, -0.15) is 5.10 Å². The quantitative estimate of drug-likeness (QED) is 0.322.